The maximum absolute atomic E-state index is 6.36. The van der Waals surface area contributed by atoms with E-state index in [9.17, 15) is 0 Å². The average molecular weight is 284 g/mol. The quantitative estimate of drug-likeness (QED) is 0.595. The molecule has 0 bridgehead atoms. The van der Waals surface area contributed by atoms with Crippen molar-refractivity contribution >= 4 is 0 Å². The summed E-state index contributed by atoms with van der Waals surface area (Å²) in [4.78, 5) is 0. The minimum Gasteiger partial charge on any atom is -0.348 e. The van der Waals surface area contributed by atoms with E-state index in [0.29, 0.717) is 12.2 Å². The molecule has 0 saturated carbocycles. The van der Waals surface area contributed by atoms with Crippen molar-refractivity contribution < 1.29 is 9.47 Å². The number of unbranched alkanes of at least 4 members (excludes halogenated alkanes) is 3. The fourth-order valence-electron chi connectivity index (χ4n) is 3.12. The number of hydrogen-bond donors (Lipinski definition) is 0. The lowest BCUT2D eigenvalue weighted by atomic mass is 9.76. The van der Waals surface area contributed by atoms with E-state index in [-0.39, 0.29) is 17.1 Å². The van der Waals surface area contributed by atoms with Gasteiger partial charge in [-0.2, -0.15) is 0 Å². The molecule has 0 N–H and O–H groups in total. The van der Waals surface area contributed by atoms with Gasteiger partial charge < -0.3 is 9.47 Å². The molecule has 2 heteroatoms. The van der Waals surface area contributed by atoms with Gasteiger partial charge in [-0.05, 0) is 12.8 Å². The number of hydrogen-bond acceptors (Lipinski definition) is 2. The maximum Gasteiger partial charge on any atom is 0.163 e. The first-order chi connectivity index (χ1) is 9.23. The molecule has 120 valence electrons. The summed E-state index contributed by atoms with van der Waals surface area (Å²) in [5, 5.41) is 0. The van der Waals surface area contributed by atoms with Crippen LogP contribution >= 0.6 is 0 Å². The molecule has 1 heterocycles. The highest BCUT2D eigenvalue weighted by Gasteiger charge is 2.47. The molecule has 20 heavy (non-hydrogen) atoms. The van der Waals surface area contributed by atoms with Crippen molar-refractivity contribution in [3.63, 3.8) is 0 Å². The monoisotopic (exact) mass is 284 g/mol. The van der Waals surface area contributed by atoms with Crippen LogP contribution in [0.3, 0.4) is 0 Å². The molecule has 0 spiro atoms. The fourth-order valence-corrected chi connectivity index (χ4v) is 3.12. The van der Waals surface area contributed by atoms with Crippen LogP contribution in [0.5, 0.6) is 0 Å². The topological polar surface area (TPSA) is 18.5 Å². The van der Waals surface area contributed by atoms with Crippen molar-refractivity contribution in [2.45, 2.75) is 105 Å². The second-order valence-electron chi connectivity index (χ2n) is 8.03. The Balaban J connectivity index is 2.71. The van der Waals surface area contributed by atoms with Gasteiger partial charge in [-0.1, -0.05) is 74.1 Å². The average Bonchev–Trinajstić information content (AvgIpc) is 2.34. The molecule has 1 aliphatic rings. The molecule has 0 amide bonds. The Morgan fingerprint density at radius 2 is 1.50 bits per heavy atom. The summed E-state index contributed by atoms with van der Waals surface area (Å²) >= 11 is 0. The van der Waals surface area contributed by atoms with E-state index >= 15 is 0 Å². The molecule has 3 atom stereocenters. The van der Waals surface area contributed by atoms with Crippen LogP contribution in [0.2, 0.25) is 0 Å². The molecule has 1 fully saturated rings. The van der Waals surface area contributed by atoms with Crippen LogP contribution in [0.25, 0.3) is 0 Å². The molecule has 1 rings (SSSR count). The Hall–Kier alpha value is -0.0800. The molecule has 1 saturated heterocycles. The van der Waals surface area contributed by atoms with Crippen LogP contribution in [-0.4, -0.2) is 18.5 Å². The Morgan fingerprint density at radius 3 is 2.00 bits per heavy atom. The Labute approximate surface area is 126 Å². The summed E-state index contributed by atoms with van der Waals surface area (Å²) in [5.74, 6) is 0. The smallest absolute Gasteiger partial charge is 0.163 e. The predicted octanol–water partition coefficient (Wildman–Crippen LogP) is 5.55. The molecular formula is C18H36O2. The zero-order valence-corrected chi connectivity index (χ0v) is 14.8. The van der Waals surface area contributed by atoms with Crippen molar-refractivity contribution in [1.82, 2.24) is 0 Å². The normalized spacial score (nSPS) is 30.4. The van der Waals surface area contributed by atoms with E-state index in [1.54, 1.807) is 0 Å². The second kappa shape index (κ2) is 7.26. The lowest BCUT2D eigenvalue weighted by molar-refractivity contribution is -0.323. The van der Waals surface area contributed by atoms with E-state index in [4.69, 9.17) is 9.47 Å². The first-order valence-corrected chi connectivity index (χ1v) is 8.54. The fraction of sp³-hybridized carbons (Fsp3) is 1.00. The third-order valence-corrected chi connectivity index (χ3v) is 4.63. The summed E-state index contributed by atoms with van der Waals surface area (Å²) in [6.07, 6.45) is 8.01. The van der Waals surface area contributed by atoms with Gasteiger partial charge in [-0.3, -0.25) is 0 Å². The first-order valence-electron chi connectivity index (χ1n) is 8.54. The van der Waals surface area contributed by atoms with Crippen molar-refractivity contribution in [2.24, 2.45) is 10.8 Å². The van der Waals surface area contributed by atoms with Gasteiger partial charge in [0.2, 0.25) is 0 Å². The summed E-state index contributed by atoms with van der Waals surface area (Å²) in [6, 6.07) is 0. The lowest BCUT2D eigenvalue weighted by Crippen LogP contribution is -2.54. The molecule has 0 aliphatic carbocycles. The van der Waals surface area contributed by atoms with Crippen molar-refractivity contribution in [2.75, 3.05) is 0 Å². The maximum atomic E-state index is 6.36. The van der Waals surface area contributed by atoms with E-state index in [1.165, 1.54) is 32.1 Å². The van der Waals surface area contributed by atoms with Gasteiger partial charge >= 0.3 is 0 Å². The molecule has 0 aromatic carbocycles. The van der Waals surface area contributed by atoms with Crippen LogP contribution in [-0.2, 0) is 9.47 Å². The van der Waals surface area contributed by atoms with Crippen molar-refractivity contribution in [1.29, 1.82) is 0 Å². The third-order valence-electron chi connectivity index (χ3n) is 4.63. The largest absolute Gasteiger partial charge is 0.348 e. The molecule has 0 aromatic heterocycles. The van der Waals surface area contributed by atoms with Gasteiger partial charge in [0, 0.05) is 10.8 Å². The Morgan fingerprint density at radius 1 is 0.900 bits per heavy atom. The van der Waals surface area contributed by atoms with Crippen LogP contribution in [0.1, 0.15) is 87.0 Å². The van der Waals surface area contributed by atoms with E-state index < -0.39 is 0 Å². The minimum atomic E-state index is -0.0725. The Bertz CT molecular complexity index is 278. The highest BCUT2D eigenvalue weighted by molar-refractivity contribution is 4.91. The molecule has 0 aromatic rings. The van der Waals surface area contributed by atoms with Crippen LogP contribution in [0, 0.1) is 10.8 Å². The van der Waals surface area contributed by atoms with Gasteiger partial charge in [0.15, 0.2) is 6.29 Å². The molecule has 0 unspecified atom stereocenters. The SMILES string of the molecule is CCCCCC[C@@H]1O[C@H](C(C)(C)C)O[C@@H](CC)C1(C)C. The summed E-state index contributed by atoms with van der Waals surface area (Å²) < 4.78 is 12.6. The van der Waals surface area contributed by atoms with Crippen LogP contribution in [0.4, 0.5) is 0 Å². The van der Waals surface area contributed by atoms with Gasteiger partial charge in [0.25, 0.3) is 0 Å². The van der Waals surface area contributed by atoms with E-state index in [2.05, 4.69) is 48.5 Å². The predicted molar refractivity (Wildman–Crippen MR) is 85.8 cm³/mol. The lowest BCUT2D eigenvalue weighted by Gasteiger charge is -2.50. The highest BCUT2D eigenvalue weighted by atomic mass is 16.7. The van der Waals surface area contributed by atoms with E-state index in [1.807, 2.05) is 0 Å². The van der Waals surface area contributed by atoms with Crippen LogP contribution < -0.4 is 0 Å². The third kappa shape index (κ3) is 4.46. The first kappa shape index (κ1) is 18.0. The summed E-state index contributed by atoms with van der Waals surface area (Å²) in [5.41, 5.74) is 0.161. The minimum absolute atomic E-state index is 0.0472. The molecular weight excluding hydrogens is 248 g/mol. The second-order valence-corrected chi connectivity index (χ2v) is 8.03. The van der Waals surface area contributed by atoms with Gasteiger partial charge in [0.1, 0.15) is 0 Å². The highest BCUT2D eigenvalue weighted by Crippen LogP contribution is 2.43. The van der Waals surface area contributed by atoms with E-state index in [0.717, 1.165) is 6.42 Å². The van der Waals surface area contributed by atoms with Gasteiger partial charge in [-0.25, -0.2) is 0 Å². The molecule has 1 aliphatic heterocycles. The summed E-state index contributed by atoms with van der Waals surface area (Å²) in [7, 11) is 0. The number of rotatable bonds is 6. The molecule has 0 radical (unpaired) electrons. The Kier molecular flexibility index (Phi) is 6.53. The van der Waals surface area contributed by atoms with Crippen molar-refractivity contribution in [3.8, 4) is 0 Å². The van der Waals surface area contributed by atoms with Gasteiger partial charge in [-0.15, -0.1) is 0 Å². The van der Waals surface area contributed by atoms with Gasteiger partial charge in [0.05, 0.1) is 12.2 Å². The number of ether oxygens (including phenoxy) is 2. The van der Waals surface area contributed by atoms with Crippen LogP contribution in [0.15, 0.2) is 0 Å². The zero-order chi connectivity index (χ0) is 15.4. The standard InChI is InChI=1S/C18H36O2/c1-8-10-11-12-13-15-18(6,7)14(9-2)19-16(20-15)17(3,4)5/h14-16H,8-13H2,1-7H3/t14-,15-,16+/m0/s1. The molecule has 2 nitrogen and oxygen atoms in total. The summed E-state index contributed by atoms with van der Waals surface area (Å²) in [6.45, 7) is 15.7. The van der Waals surface area contributed by atoms with Crippen molar-refractivity contribution in [3.05, 3.63) is 0 Å². The zero-order valence-electron chi connectivity index (χ0n) is 14.8.